The number of carbonyl (C=O) groups excluding carboxylic acids is 2. The van der Waals surface area contributed by atoms with Gasteiger partial charge in [-0.15, -0.1) is 0 Å². The predicted octanol–water partition coefficient (Wildman–Crippen LogP) is 3.14. The van der Waals surface area contributed by atoms with E-state index >= 15 is 0 Å². The van der Waals surface area contributed by atoms with E-state index in [1.54, 1.807) is 18.0 Å². The van der Waals surface area contributed by atoms with Crippen LogP contribution in [0.4, 0.5) is 4.39 Å². The third kappa shape index (κ3) is 3.45. The fourth-order valence-electron chi connectivity index (χ4n) is 3.97. The van der Waals surface area contributed by atoms with Gasteiger partial charge >= 0.3 is 0 Å². The molecule has 0 spiro atoms. The molecule has 2 heterocycles. The van der Waals surface area contributed by atoms with Gasteiger partial charge in [0.15, 0.2) is 0 Å². The maximum atomic E-state index is 13.7. The molecule has 2 fully saturated rings. The van der Waals surface area contributed by atoms with Crippen LogP contribution in [0.3, 0.4) is 0 Å². The topological polar surface area (TPSA) is 40.6 Å². The molecule has 2 aliphatic rings. The van der Waals surface area contributed by atoms with Gasteiger partial charge in [0, 0.05) is 26.6 Å². The van der Waals surface area contributed by atoms with Crippen LogP contribution in [0.15, 0.2) is 24.3 Å². The molecule has 0 unspecified atom stereocenters. The lowest BCUT2D eigenvalue weighted by Crippen LogP contribution is -2.47. The summed E-state index contributed by atoms with van der Waals surface area (Å²) in [5.74, 6) is -0.484. The zero-order valence-corrected chi connectivity index (χ0v) is 14.2. The van der Waals surface area contributed by atoms with Crippen LogP contribution in [0.2, 0.25) is 0 Å². The second kappa shape index (κ2) is 7.32. The molecule has 1 aromatic rings. The fraction of sp³-hybridized carbons (Fsp3) is 0.579. The van der Waals surface area contributed by atoms with Crippen LogP contribution in [0, 0.1) is 11.7 Å². The summed E-state index contributed by atoms with van der Waals surface area (Å²) in [5, 5.41) is 0. The number of piperidine rings is 1. The molecule has 0 radical (unpaired) electrons. The van der Waals surface area contributed by atoms with Gasteiger partial charge < -0.3 is 9.80 Å². The Hall–Kier alpha value is -1.91. The molecular formula is C19H25FN2O2. The average molecular weight is 332 g/mol. The quantitative estimate of drug-likeness (QED) is 0.835. The number of likely N-dealkylation sites (tertiary alicyclic amines) is 2. The summed E-state index contributed by atoms with van der Waals surface area (Å²) < 4.78 is 13.7. The van der Waals surface area contributed by atoms with Gasteiger partial charge in [0.05, 0.1) is 12.0 Å². The molecule has 2 saturated heterocycles. The highest BCUT2D eigenvalue weighted by Crippen LogP contribution is 2.37. The molecule has 2 aliphatic heterocycles. The van der Waals surface area contributed by atoms with E-state index in [9.17, 15) is 14.0 Å². The lowest BCUT2D eigenvalue weighted by Gasteiger charge is -2.40. The maximum Gasteiger partial charge on any atom is 0.228 e. The average Bonchev–Trinajstić information content (AvgIpc) is 2.86. The van der Waals surface area contributed by atoms with E-state index in [0.717, 1.165) is 25.9 Å². The van der Waals surface area contributed by atoms with Crippen molar-refractivity contribution >= 4 is 11.8 Å². The Bertz CT molecular complexity index is 611. The van der Waals surface area contributed by atoms with Gasteiger partial charge in [-0.2, -0.15) is 0 Å². The largest absolute Gasteiger partial charge is 0.342 e. The molecule has 2 amide bonds. The molecule has 1 aromatic carbocycles. The summed E-state index contributed by atoms with van der Waals surface area (Å²) >= 11 is 0. The minimum Gasteiger partial charge on any atom is -0.342 e. The SMILES string of the molecule is CN1C(=O)CC[C@@H](C(=O)N2CCCCCC2)[C@H]1c1cccc(F)c1. The summed E-state index contributed by atoms with van der Waals surface area (Å²) in [6.45, 7) is 1.59. The third-order valence-corrected chi connectivity index (χ3v) is 5.29. The monoisotopic (exact) mass is 332 g/mol. The van der Waals surface area contributed by atoms with Crippen LogP contribution < -0.4 is 0 Å². The van der Waals surface area contributed by atoms with Gasteiger partial charge in [0.25, 0.3) is 0 Å². The maximum absolute atomic E-state index is 13.7. The van der Waals surface area contributed by atoms with Gasteiger partial charge in [-0.3, -0.25) is 9.59 Å². The minimum atomic E-state index is -0.377. The van der Waals surface area contributed by atoms with Crippen molar-refractivity contribution in [1.29, 1.82) is 0 Å². The zero-order chi connectivity index (χ0) is 17.1. The van der Waals surface area contributed by atoms with Crippen molar-refractivity contribution in [3.8, 4) is 0 Å². The molecule has 3 rings (SSSR count). The van der Waals surface area contributed by atoms with E-state index in [4.69, 9.17) is 0 Å². The molecule has 0 N–H and O–H groups in total. The number of hydrogen-bond acceptors (Lipinski definition) is 2. The highest BCUT2D eigenvalue weighted by atomic mass is 19.1. The molecule has 0 aromatic heterocycles. The normalized spacial score (nSPS) is 25.5. The highest BCUT2D eigenvalue weighted by Gasteiger charge is 2.40. The Morgan fingerprint density at radius 1 is 1.17 bits per heavy atom. The van der Waals surface area contributed by atoms with Crippen molar-refractivity contribution < 1.29 is 14.0 Å². The molecule has 5 heteroatoms. The summed E-state index contributed by atoms with van der Waals surface area (Å²) in [6, 6.07) is 5.91. The van der Waals surface area contributed by atoms with Gasteiger partial charge in [0.1, 0.15) is 5.82 Å². The van der Waals surface area contributed by atoms with Crippen molar-refractivity contribution in [2.24, 2.45) is 5.92 Å². The van der Waals surface area contributed by atoms with Crippen molar-refractivity contribution in [1.82, 2.24) is 9.80 Å². The highest BCUT2D eigenvalue weighted by molar-refractivity contribution is 5.85. The van der Waals surface area contributed by atoms with Crippen LogP contribution >= 0.6 is 0 Å². The molecule has 4 nitrogen and oxygen atoms in total. The van der Waals surface area contributed by atoms with E-state index in [1.807, 2.05) is 11.0 Å². The van der Waals surface area contributed by atoms with Crippen LogP contribution in [0.1, 0.15) is 50.1 Å². The van der Waals surface area contributed by atoms with E-state index in [0.29, 0.717) is 18.4 Å². The predicted molar refractivity (Wildman–Crippen MR) is 89.7 cm³/mol. The van der Waals surface area contributed by atoms with Crippen LogP contribution in [0.25, 0.3) is 0 Å². The Kier molecular flexibility index (Phi) is 5.17. The molecule has 0 saturated carbocycles. The fourth-order valence-corrected chi connectivity index (χ4v) is 3.97. The Balaban J connectivity index is 1.88. The number of carbonyl (C=O) groups is 2. The Morgan fingerprint density at radius 3 is 2.54 bits per heavy atom. The second-order valence-corrected chi connectivity index (χ2v) is 6.89. The standard InChI is InChI=1S/C19H25FN2O2/c1-21-17(23)10-9-16(18(21)14-7-6-8-15(20)13-14)19(24)22-11-4-2-3-5-12-22/h6-8,13,16,18H,2-5,9-12H2,1H3/t16-,18-/m1/s1. The summed E-state index contributed by atoms with van der Waals surface area (Å²) in [6.07, 6.45) is 5.34. The number of hydrogen-bond donors (Lipinski definition) is 0. The molecule has 0 aliphatic carbocycles. The molecule has 130 valence electrons. The molecular weight excluding hydrogens is 307 g/mol. The van der Waals surface area contributed by atoms with E-state index in [-0.39, 0.29) is 29.6 Å². The lowest BCUT2D eigenvalue weighted by molar-refractivity contribution is -0.146. The summed E-state index contributed by atoms with van der Waals surface area (Å²) in [7, 11) is 1.72. The summed E-state index contributed by atoms with van der Waals surface area (Å²) in [5.41, 5.74) is 0.707. The summed E-state index contributed by atoms with van der Waals surface area (Å²) in [4.78, 5) is 28.9. The molecule has 0 bridgehead atoms. The first-order chi connectivity index (χ1) is 11.6. The van der Waals surface area contributed by atoms with Crippen molar-refractivity contribution in [3.05, 3.63) is 35.6 Å². The minimum absolute atomic E-state index is 0.0178. The van der Waals surface area contributed by atoms with Gasteiger partial charge in [-0.25, -0.2) is 4.39 Å². The first-order valence-corrected chi connectivity index (χ1v) is 8.88. The smallest absolute Gasteiger partial charge is 0.228 e. The number of nitrogens with zero attached hydrogens (tertiary/aromatic N) is 2. The van der Waals surface area contributed by atoms with Crippen LogP contribution in [-0.4, -0.2) is 41.8 Å². The lowest BCUT2D eigenvalue weighted by atomic mass is 9.83. The Labute approximate surface area is 142 Å². The van der Waals surface area contributed by atoms with Crippen molar-refractivity contribution in [2.45, 2.75) is 44.6 Å². The second-order valence-electron chi connectivity index (χ2n) is 6.89. The molecule has 2 atom stereocenters. The molecule has 24 heavy (non-hydrogen) atoms. The van der Waals surface area contributed by atoms with Crippen molar-refractivity contribution in [3.63, 3.8) is 0 Å². The first kappa shape index (κ1) is 16.9. The Morgan fingerprint density at radius 2 is 1.88 bits per heavy atom. The number of rotatable bonds is 2. The van der Waals surface area contributed by atoms with Gasteiger partial charge in [-0.1, -0.05) is 25.0 Å². The van der Waals surface area contributed by atoms with Crippen molar-refractivity contribution in [2.75, 3.05) is 20.1 Å². The van der Waals surface area contributed by atoms with Gasteiger partial charge in [-0.05, 0) is 37.0 Å². The number of halogens is 1. The number of amides is 2. The van der Waals surface area contributed by atoms with Crippen LogP contribution in [-0.2, 0) is 9.59 Å². The number of benzene rings is 1. The first-order valence-electron chi connectivity index (χ1n) is 8.88. The zero-order valence-electron chi connectivity index (χ0n) is 14.2. The van der Waals surface area contributed by atoms with E-state index in [2.05, 4.69) is 0 Å². The van der Waals surface area contributed by atoms with E-state index < -0.39 is 0 Å². The van der Waals surface area contributed by atoms with Gasteiger partial charge in [0.2, 0.25) is 11.8 Å². The van der Waals surface area contributed by atoms with Crippen LogP contribution in [0.5, 0.6) is 0 Å². The van der Waals surface area contributed by atoms with E-state index in [1.165, 1.54) is 25.0 Å². The third-order valence-electron chi connectivity index (χ3n) is 5.29.